The molecule has 1 N–H and O–H groups in total. The van der Waals surface area contributed by atoms with Crippen LogP contribution in [0, 0.1) is 10.1 Å². The molecule has 1 aromatic carbocycles. The lowest BCUT2D eigenvalue weighted by Gasteiger charge is -2.00. The first kappa shape index (κ1) is 15.1. The van der Waals surface area contributed by atoms with Crippen molar-refractivity contribution in [2.45, 2.75) is 4.34 Å². The van der Waals surface area contributed by atoms with E-state index in [0.717, 1.165) is 0 Å². The average Bonchev–Trinajstić information content (AvgIpc) is 2.92. The van der Waals surface area contributed by atoms with Crippen molar-refractivity contribution in [3.05, 3.63) is 52.6 Å². The fourth-order valence-electron chi connectivity index (χ4n) is 1.38. The van der Waals surface area contributed by atoms with Gasteiger partial charge in [0.25, 0.3) is 11.6 Å². The van der Waals surface area contributed by atoms with Crippen LogP contribution in [0.3, 0.4) is 0 Å². The van der Waals surface area contributed by atoms with E-state index in [4.69, 9.17) is 0 Å². The van der Waals surface area contributed by atoms with E-state index < -0.39 is 10.8 Å². The van der Waals surface area contributed by atoms with Crippen molar-refractivity contribution >= 4 is 39.8 Å². The maximum atomic E-state index is 12.0. The van der Waals surface area contributed by atoms with E-state index in [9.17, 15) is 14.9 Å². The maximum absolute atomic E-state index is 12.0. The summed E-state index contributed by atoms with van der Waals surface area (Å²) in [5, 5.41) is 21.3. The number of thioether (sulfide) groups is 1. The Kier molecular flexibility index (Phi) is 5.01. The van der Waals surface area contributed by atoms with Crippen LogP contribution in [0.25, 0.3) is 0 Å². The molecule has 0 radical (unpaired) electrons. The highest BCUT2D eigenvalue weighted by Gasteiger charge is 2.13. The number of rotatable bonds is 6. The summed E-state index contributed by atoms with van der Waals surface area (Å²) in [4.78, 5) is 22.1. The van der Waals surface area contributed by atoms with Crippen molar-refractivity contribution in [1.82, 2.24) is 10.2 Å². The van der Waals surface area contributed by atoms with E-state index in [-0.39, 0.29) is 11.3 Å². The van der Waals surface area contributed by atoms with Crippen molar-refractivity contribution in [3.63, 3.8) is 0 Å². The topological polar surface area (TPSA) is 98.0 Å². The second-order valence-corrected chi connectivity index (χ2v) is 5.98. The molecule has 0 aliphatic carbocycles. The summed E-state index contributed by atoms with van der Waals surface area (Å²) in [7, 11) is 0. The molecule has 0 aliphatic heterocycles. The minimum Gasteiger partial charge on any atom is -0.296 e. The smallest absolute Gasteiger partial charge is 0.270 e. The Labute approximate surface area is 128 Å². The highest BCUT2D eigenvalue weighted by atomic mass is 32.2. The number of nitrogens with one attached hydrogen (secondary N) is 1. The van der Waals surface area contributed by atoms with Crippen molar-refractivity contribution < 1.29 is 9.72 Å². The summed E-state index contributed by atoms with van der Waals surface area (Å²) in [6.45, 7) is 3.60. The second kappa shape index (κ2) is 6.95. The Hall–Kier alpha value is -2.26. The number of hydrogen-bond acceptors (Lipinski definition) is 7. The number of nitro groups is 1. The Morgan fingerprint density at radius 1 is 1.52 bits per heavy atom. The molecular weight excluding hydrogens is 312 g/mol. The van der Waals surface area contributed by atoms with Gasteiger partial charge in [0.05, 0.1) is 4.92 Å². The number of anilines is 1. The van der Waals surface area contributed by atoms with Gasteiger partial charge >= 0.3 is 0 Å². The first-order valence-electron chi connectivity index (χ1n) is 5.73. The molecule has 2 rings (SSSR count). The number of nitro benzene ring substituents is 1. The van der Waals surface area contributed by atoms with E-state index in [2.05, 4.69) is 22.1 Å². The van der Waals surface area contributed by atoms with Gasteiger partial charge in [0.15, 0.2) is 4.34 Å². The van der Waals surface area contributed by atoms with Crippen LogP contribution in [0.1, 0.15) is 10.4 Å². The summed E-state index contributed by atoms with van der Waals surface area (Å²) < 4.78 is 0.712. The molecule has 0 atom stereocenters. The molecule has 0 unspecified atom stereocenters. The first-order valence-corrected chi connectivity index (χ1v) is 7.53. The minimum absolute atomic E-state index is 0.137. The van der Waals surface area contributed by atoms with E-state index in [0.29, 0.717) is 15.2 Å². The highest BCUT2D eigenvalue weighted by molar-refractivity contribution is 8.01. The zero-order valence-electron chi connectivity index (χ0n) is 10.7. The molecule has 0 saturated carbocycles. The van der Waals surface area contributed by atoms with Gasteiger partial charge in [0, 0.05) is 23.4 Å². The summed E-state index contributed by atoms with van der Waals surface area (Å²) in [6, 6.07) is 5.49. The Balaban J connectivity index is 2.07. The predicted octanol–water partition coefficient (Wildman–Crippen LogP) is 2.98. The molecule has 9 heteroatoms. The summed E-state index contributed by atoms with van der Waals surface area (Å²) in [5.74, 6) is 0.239. The first-order chi connectivity index (χ1) is 10.1. The van der Waals surface area contributed by atoms with E-state index >= 15 is 0 Å². The molecule has 0 saturated heterocycles. The zero-order chi connectivity index (χ0) is 15.2. The van der Waals surface area contributed by atoms with Crippen LogP contribution in [0.4, 0.5) is 10.8 Å². The normalized spacial score (nSPS) is 10.1. The molecule has 0 bridgehead atoms. The average molecular weight is 322 g/mol. The van der Waals surface area contributed by atoms with Crippen LogP contribution in [0.2, 0.25) is 0 Å². The fourth-order valence-corrected chi connectivity index (χ4v) is 2.89. The third-order valence-electron chi connectivity index (χ3n) is 2.27. The molecule has 108 valence electrons. The number of benzene rings is 1. The summed E-state index contributed by atoms with van der Waals surface area (Å²) in [6.07, 6.45) is 1.74. The summed E-state index contributed by atoms with van der Waals surface area (Å²) in [5.41, 5.74) is 0.0573. The van der Waals surface area contributed by atoms with E-state index in [1.807, 2.05) is 0 Å². The van der Waals surface area contributed by atoms with E-state index in [1.54, 1.807) is 6.08 Å². The molecular formula is C12H10N4O3S2. The predicted molar refractivity (Wildman–Crippen MR) is 81.9 cm³/mol. The van der Waals surface area contributed by atoms with Gasteiger partial charge in [-0.3, -0.25) is 20.2 Å². The van der Waals surface area contributed by atoms with Crippen molar-refractivity contribution in [2.75, 3.05) is 11.1 Å². The number of amides is 1. The molecule has 1 heterocycles. The summed E-state index contributed by atoms with van der Waals surface area (Å²) >= 11 is 2.69. The molecule has 1 aromatic heterocycles. The number of carbonyl (C=O) groups is 1. The van der Waals surface area contributed by atoms with E-state index in [1.165, 1.54) is 47.4 Å². The molecule has 7 nitrogen and oxygen atoms in total. The lowest BCUT2D eigenvalue weighted by Crippen LogP contribution is -2.11. The zero-order valence-corrected chi connectivity index (χ0v) is 12.3. The monoisotopic (exact) mass is 322 g/mol. The molecule has 0 spiro atoms. The third-order valence-corrected chi connectivity index (χ3v) is 4.24. The highest BCUT2D eigenvalue weighted by Crippen LogP contribution is 2.25. The number of nitrogens with zero attached hydrogens (tertiary/aromatic N) is 3. The number of non-ortho nitro benzene ring substituents is 1. The van der Waals surface area contributed by atoms with Gasteiger partial charge in [0.1, 0.15) is 0 Å². The Morgan fingerprint density at radius 3 is 3.05 bits per heavy atom. The standard InChI is InChI=1S/C12H10N4O3S2/c1-2-6-20-12-15-14-11(21-12)13-10(17)8-4-3-5-9(7-8)16(18)19/h2-5,7H,1,6H2,(H,13,14,17). The van der Waals surface area contributed by atoms with Crippen molar-refractivity contribution in [1.29, 1.82) is 0 Å². The van der Waals surface area contributed by atoms with Crippen LogP contribution >= 0.6 is 23.1 Å². The number of hydrogen-bond donors (Lipinski definition) is 1. The number of carbonyl (C=O) groups excluding carboxylic acids is 1. The van der Waals surface area contributed by atoms with Gasteiger partial charge < -0.3 is 0 Å². The van der Waals surface area contributed by atoms with Gasteiger partial charge in [-0.1, -0.05) is 35.2 Å². The minimum atomic E-state index is -0.550. The lowest BCUT2D eigenvalue weighted by molar-refractivity contribution is -0.384. The Bertz CT molecular complexity index is 687. The van der Waals surface area contributed by atoms with Gasteiger partial charge in [0.2, 0.25) is 5.13 Å². The fraction of sp³-hybridized carbons (Fsp3) is 0.0833. The second-order valence-electron chi connectivity index (χ2n) is 3.73. The third kappa shape index (κ3) is 4.10. The molecule has 2 aromatic rings. The van der Waals surface area contributed by atoms with Gasteiger partial charge in [-0.2, -0.15) is 0 Å². The number of aromatic nitrogens is 2. The Morgan fingerprint density at radius 2 is 2.33 bits per heavy atom. The van der Waals surface area contributed by atoms with Gasteiger partial charge in [-0.05, 0) is 6.07 Å². The molecule has 0 aliphatic rings. The van der Waals surface area contributed by atoms with Crippen molar-refractivity contribution in [3.8, 4) is 0 Å². The van der Waals surface area contributed by atoms with Crippen LogP contribution in [0.15, 0.2) is 41.3 Å². The van der Waals surface area contributed by atoms with Crippen LogP contribution < -0.4 is 5.32 Å². The van der Waals surface area contributed by atoms with Crippen LogP contribution in [-0.2, 0) is 0 Å². The largest absolute Gasteiger partial charge is 0.296 e. The lowest BCUT2D eigenvalue weighted by atomic mass is 10.2. The maximum Gasteiger partial charge on any atom is 0.270 e. The molecule has 1 amide bonds. The SMILES string of the molecule is C=CCSc1nnc(NC(=O)c2cccc([N+](=O)[O-])c2)s1. The van der Waals surface area contributed by atoms with Crippen LogP contribution in [-0.4, -0.2) is 26.8 Å². The molecule has 0 fully saturated rings. The molecule has 21 heavy (non-hydrogen) atoms. The van der Waals surface area contributed by atoms with Gasteiger partial charge in [-0.25, -0.2) is 0 Å². The van der Waals surface area contributed by atoms with Crippen LogP contribution in [0.5, 0.6) is 0 Å². The van der Waals surface area contributed by atoms with Crippen molar-refractivity contribution in [2.24, 2.45) is 0 Å². The van der Waals surface area contributed by atoms with Gasteiger partial charge in [-0.15, -0.1) is 16.8 Å². The quantitative estimate of drug-likeness (QED) is 0.289.